The topological polar surface area (TPSA) is 48.1 Å². The van der Waals surface area contributed by atoms with E-state index < -0.39 is 0 Å². The van der Waals surface area contributed by atoms with Gasteiger partial charge in [-0.2, -0.15) is 0 Å². The van der Waals surface area contributed by atoms with E-state index in [0.717, 1.165) is 37.9 Å². The van der Waals surface area contributed by atoms with E-state index in [1.165, 1.54) is 11.3 Å². The van der Waals surface area contributed by atoms with Crippen LogP contribution in [0.25, 0.3) is 11.3 Å². The number of anilines is 1. The van der Waals surface area contributed by atoms with E-state index in [-0.39, 0.29) is 0 Å². The minimum absolute atomic E-state index is 0.734. The molecular formula is C12H13BrN2OS. The molecule has 0 spiro atoms. The van der Waals surface area contributed by atoms with Crippen molar-refractivity contribution in [2.75, 3.05) is 12.8 Å². The number of hydrogen-bond acceptors (Lipinski definition) is 4. The summed E-state index contributed by atoms with van der Waals surface area (Å²) in [6, 6.07) is 5.82. The van der Waals surface area contributed by atoms with Gasteiger partial charge in [0.2, 0.25) is 0 Å². The fourth-order valence-corrected chi connectivity index (χ4v) is 2.74. The Kier molecular flexibility index (Phi) is 3.69. The summed E-state index contributed by atoms with van der Waals surface area (Å²) in [7, 11) is 1.65. The Morgan fingerprint density at radius 1 is 1.47 bits per heavy atom. The van der Waals surface area contributed by atoms with Crippen LogP contribution in [0.2, 0.25) is 0 Å². The molecule has 1 aromatic heterocycles. The molecule has 0 atom stereocenters. The van der Waals surface area contributed by atoms with Crippen LogP contribution in [0.3, 0.4) is 0 Å². The van der Waals surface area contributed by atoms with Gasteiger partial charge in [-0.05, 0) is 24.6 Å². The Morgan fingerprint density at radius 3 is 2.82 bits per heavy atom. The minimum Gasteiger partial charge on any atom is -0.496 e. The third kappa shape index (κ3) is 2.45. The number of ether oxygens (including phenoxy) is 1. The van der Waals surface area contributed by atoms with Crippen LogP contribution in [0.1, 0.15) is 11.9 Å². The van der Waals surface area contributed by atoms with E-state index in [9.17, 15) is 0 Å². The largest absolute Gasteiger partial charge is 0.496 e. The molecule has 0 unspecified atom stereocenters. The number of thiazole rings is 1. The van der Waals surface area contributed by atoms with Crippen molar-refractivity contribution in [3.63, 3.8) is 0 Å². The summed E-state index contributed by atoms with van der Waals surface area (Å²) in [5.74, 6) is 0.785. The van der Waals surface area contributed by atoms with Crippen molar-refractivity contribution < 1.29 is 4.74 Å². The average Bonchev–Trinajstić information content (AvgIpc) is 2.70. The zero-order valence-corrected chi connectivity index (χ0v) is 12.1. The quantitative estimate of drug-likeness (QED) is 0.939. The third-order valence-electron chi connectivity index (χ3n) is 2.42. The van der Waals surface area contributed by atoms with E-state index in [1.54, 1.807) is 7.11 Å². The molecule has 0 aliphatic heterocycles. The number of nitrogens with two attached hydrogens (primary N) is 1. The maximum atomic E-state index is 6.01. The predicted octanol–water partition coefficient (Wildman–Crippen LogP) is 3.73. The molecule has 2 N–H and O–H groups in total. The molecule has 0 aliphatic carbocycles. The number of hydrogen-bond donors (Lipinski definition) is 1. The van der Waals surface area contributed by atoms with Gasteiger partial charge in [0.15, 0.2) is 0 Å². The zero-order valence-electron chi connectivity index (χ0n) is 9.66. The Bertz CT molecular complexity index is 539. The van der Waals surface area contributed by atoms with Crippen molar-refractivity contribution >= 4 is 32.3 Å². The van der Waals surface area contributed by atoms with Gasteiger partial charge in [-0.25, -0.2) is 4.98 Å². The van der Waals surface area contributed by atoms with Crippen molar-refractivity contribution in [2.24, 2.45) is 0 Å². The van der Waals surface area contributed by atoms with Crippen LogP contribution >= 0.6 is 27.3 Å². The Balaban J connectivity index is 2.58. The number of rotatable bonds is 3. The summed E-state index contributed by atoms with van der Waals surface area (Å²) < 4.78 is 6.33. The van der Waals surface area contributed by atoms with Gasteiger partial charge >= 0.3 is 0 Å². The second-order valence-electron chi connectivity index (χ2n) is 3.52. The molecule has 2 rings (SSSR count). The standard InChI is InChI=1S/C12H13BrN2OS/c1-3-10-15-11(12(14)17-10)8-6-7(13)4-5-9(8)16-2/h4-6H,3,14H2,1-2H3. The van der Waals surface area contributed by atoms with E-state index in [4.69, 9.17) is 10.5 Å². The molecule has 3 nitrogen and oxygen atoms in total. The van der Waals surface area contributed by atoms with Gasteiger partial charge in [0.1, 0.15) is 16.4 Å². The van der Waals surface area contributed by atoms with Crippen molar-refractivity contribution in [3.05, 3.63) is 27.7 Å². The van der Waals surface area contributed by atoms with Gasteiger partial charge in [0.25, 0.3) is 0 Å². The van der Waals surface area contributed by atoms with Crippen LogP contribution in [0, 0.1) is 0 Å². The van der Waals surface area contributed by atoms with Crippen molar-refractivity contribution in [1.82, 2.24) is 4.98 Å². The first-order valence-corrected chi connectivity index (χ1v) is 6.85. The highest BCUT2D eigenvalue weighted by Gasteiger charge is 2.14. The van der Waals surface area contributed by atoms with Crippen molar-refractivity contribution in [3.8, 4) is 17.0 Å². The van der Waals surface area contributed by atoms with Crippen LogP contribution in [0.5, 0.6) is 5.75 Å². The van der Waals surface area contributed by atoms with Crippen molar-refractivity contribution in [2.45, 2.75) is 13.3 Å². The number of nitrogen functional groups attached to an aromatic ring is 1. The maximum Gasteiger partial charge on any atom is 0.128 e. The first kappa shape index (κ1) is 12.4. The lowest BCUT2D eigenvalue weighted by molar-refractivity contribution is 0.416. The zero-order chi connectivity index (χ0) is 12.4. The van der Waals surface area contributed by atoms with Gasteiger partial charge in [-0.1, -0.05) is 22.9 Å². The molecule has 5 heteroatoms. The normalized spacial score (nSPS) is 10.5. The van der Waals surface area contributed by atoms with Crippen LogP contribution in [0.15, 0.2) is 22.7 Å². The Hall–Kier alpha value is -1.07. The van der Waals surface area contributed by atoms with Crippen LogP contribution in [-0.2, 0) is 6.42 Å². The third-order valence-corrected chi connectivity index (χ3v) is 3.94. The molecule has 0 aliphatic rings. The van der Waals surface area contributed by atoms with Crippen LogP contribution in [0.4, 0.5) is 5.00 Å². The molecule has 0 bridgehead atoms. The smallest absolute Gasteiger partial charge is 0.128 e. The van der Waals surface area contributed by atoms with Crippen LogP contribution in [-0.4, -0.2) is 12.1 Å². The fraction of sp³-hybridized carbons (Fsp3) is 0.250. The number of halogens is 1. The SMILES string of the molecule is CCc1nc(-c2cc(Br)ccc2OC)c(N)s1. The number of nitrogens with zero attached hydrogens (tertiary/aromatic N) is 1. The van der Waals surface area contributed by atoms with E-state index in [0.29, 0.717) is 0 Å². The number of methoxy groups -OCH3 is 1. The Morgan fingerprint density at radius 2 is 2.24 bits per heavy atom. The predicted molar refractivity (Wildman–Crippen MR) is 75.6 cm³/mol. The van der Waals surface area contributed by atoms with E-state index >= 15 is 0 Å². The van der Waals surface area contributed by atoms with Gasteiger partial charge in [-0.15, -0.1) is 11.3 Å². The van der Waals surface area contributed by atoms with Gasteiger partial charge in [0.05, 0.1) is 12.1 Å². The molecule has 90 valence electrons. The summed E-state index contributed by atoms with van der Waals surface area (Å²) >= 11 is 4.98. The number of benzene rings is 1. The molecule has 0 radical (unpaired) electrons. The van der Waals surface area contributed by atoms with E-state index in [1.807, 2.05) is 18.2 Å². The molecular weight excluding hydrogens is 300 g/mol. The number of aromatic nitrogens is 1. The maximum absolute atomic E-state index is 6.01. The molecule has 17 heavy (non-hydrogen) atoms. The summed E-state index contributed by atoms with van der Waals surface area (Å²) in [5.41, 5.74) is 7.74. The highest BCUT2D eigenvalue weighted by molar-refractivity contribution is 9.10. The Labute approximate surface area is 113 Å². The van der Waals surface area contributed by atoms with E-state index in [2.05, 4.69) is 27.8 Å². The number of aryl methyl sites for hydroxylation is 1. The molecule has 0 saturated carbocycles. The molecule has 0 saturated heterocycles. The first-order valence-electron chi connectivity index (χ1n) is 5.24. The lowest BCUT2D eigenvalue weighted by atomic mass is 10.1. The summed E-state index contributed by atoms with van der Waals surface area (Å²) in [4.78, 5) is 4.54. The monoisotopic (exact) mass is 312 g/mol. The highest BCUT2D eigenvalue weighted by atomic mass is 79.9. The fourth-order valence-electron chi connectivity index (χ4n) is 1.59. The molecule has 1 aromatic carbocycles. The van der Waals surface area contributed by atoms with Gasteiger partial charge in [-0.3, -0.25) is 0 Å². The van der Waals surface area contributed by atoms with Crippen LogP contribution < -0.4 is 10.5 Å². The lowest BCUT2D eigenvalue weighted by Gasteiger charge is -2.07. The average molecular weight is 313 g/mol. The highest BCUT2D eigenvalue weighted by Crippen LogP contribution is 2.37. The summed E-state index contributed by atoms with van der Waals surface area (Å²) in [6.45, 7) is 2.07. The lowest BCUT2D eigenvalue weighted by Crippen LogP contribution is -1.91. The van der Waals surface area contributed by atoms with Gasteiger partial charge < -0.3 is 10.5 Å². The second-order valence-corrected chi connectivity index (χ2v) is 5.55. The summed E-state index contributed by atoms with van der Waals surface area (Å²) in [5, 5.41) is 1.78. The second kappa shape index (κ2) is 5.06. The molecule has 1 heterocycles. The van der Waals surface area contributed by atoms with Gasteiger partial charge in [0, 0.05) is 10.0 Å². The minimum atomic E-state index is 0.734. The first-order chi connectivity index (χ1) is 8.15. The molecule has 0 amide bonds. The summed E-state index contributed by atoms with van der Waals surface area (Å²) in [6.07, 6.45) is 0.894. The molecule has 2 aromatic rings. The van der Waals surface area contributed by atoms with Crippen molar-refractivity contribution in [1.29, 1.82) is 0 Å². The molecule has 0 fully saturated rings.